The number of amides is 1. The predicted octanol–water partition coefficient (Wildman–Crippen LogP) is 3.75. The van der Waals surface area contributed by atoms with Crippen LogP contribution in [0.3, 0.4) is 0 Å². The monoisotopic (exact) mass is 310 g/mol. The topological polar surface area (TPSA) is 32.3 Å². The lowest BCUT2D eigenvalue weighted by atomic mass is 9.92. The van der Waals surface area contributed by atoms with E-state index < -0.39 is 0 Å². The van der Waals surface area contributed by atoms with Crippen LogP contribution in [0.4, 0.5) is 0 Å². The van der Waals surface area contributed by atoms with Gasteiger partial charge in [0.2, 0.25) is 5.91 Å². The molecule has 1 fully saturated rings. The average molecular weight is 310 g/mol. The second kappa shape index (κ2) is 6.71. The highest BCUT2D eigenvalue weighted by molar-refractivity contribution is 5.83. The number of piperidine rings is 1. The molecule has 3 atom stereocenters. The number of nitrogens with one attached hydrogen (secondary N) is 1. The third kappa shape index (κ3) is 3.56. The van der Waals surface area contributed by atoms with Crippen molar-refractivity contribution in [2.45, 2.75) is 39.3 Å². The van der Waals surface area contributed by atoms with Gasteiger partial charge in [0, 0.05) is 32.1 Å². The average Bonchev–Trinajstić information content (AvgIpc) is 2.56. The van der Waals surface area contributed by atoms with Gasteiger partial charge in [0.15, 0.2) is 0 Å². The summed E-state index contributed by atoms with van der Waals surface area (Å²) in [6.07, 6.45) is 1.03. The van der Waals surface area contributed by atoms with Crippen molar-refractivity contribution in [3.05, 3.63) is 48.0 Å². The Bertz CT molecular complexity index is 697. The Kier molecular flexibility index (Phi) is 4.67. The molecule has 3 rings (SSSR count). The van der Waals surface area contributed by atoms with Crippen molar-refractivity contribution in [3.8, 4) is 0 Å². The van der Waals surface area contributed by atoms with E-state index in [4.69, 9.17) is 0 Å². The molecule has 3 heteroatoms. The summed E-state index contributed by atoms with van der Waals surface area (Å²) in [4.78, 5) is 13.5. The van der Waals surface area contributed by atoms with Crippen LogP contribution >= 0.6 is 0 Å². The molecule has 1 N–H and O–H groups in total. The van der Waals surface area contributed by atoms with Gasteiger partial charge in [-0.15, -0.1) is 0 Å². The number of fused-ring (bicyclic) bond motifs is 1. The van der Waals surface area contributed by atoms with Crippen molar-refractivity contribution in [1.82, 2.24) is 10.2 Å². The molecular weight excluding hydrogens is 284 g/mol. The summed E-state index contributed by atoms with van der Waals surface area (Å²) >= 11 is 0. The van der Waals surface area contributed by atoms with Crippen LogP contribution < -0.4 is 5.32 Å². The third-order valence-electron chi connectivity index (χ3n) is 5.09. The minimum Gasteiger partial charge on any atom is -0.343 e. The van der Waals surface area contributed by atoms with E-state index in [-0.39, 0.29) is 5.91 Å². The highest BCUT2D eigenvalue weighted by Gasteiger charge is 2.28. The second-order valence-corrected chi connectivity index (χ2v) is 6.83. The van der Waals surface area contributed by atoms with E-state index in [1.807, 2.05) is 4.90 Å². The van der Waals surface area contributed by atoms with E-state index in [1.54, 1.807) is 6.92 Å². The standard InChI is InChI=1S/C20H26N2O/c1-14-13-22(16(3)23)11-10-20(14)21-15(2)18-9-8-17-6-4-5-7-19(17)12-18/h4-9,12,14-15,20-21H,10-11,13H2,1-3H3/t14-,15-,20+/m1/s1. The van der Waals surface area contributed by atoms with E-state index in [0.29, 0.717) is 18.0 Å². The molecule has 0 radical (unpaired) electrons. The van der Waals surface area contributed by atoms with E-state index in [9.17, 15) is 4.79 Å². The number of nitrogens with zero attached hydrogens (tertiary/aromatic N) is 1. The van der Waals surface area contributed by atoms with E-state index in [1.165, 1.54) is 16.3 Å². The van der Waals surface area contributed by atoms with Crippen molar-refractivity contribution >= 4 is 16.7 Å². The van der Waals surface area contributed by atoms with Gasteiger partial charge in [-0.25, -0.2) is 0 Å². The van der Waals surface area contributed by atoms with Gasteiger partial charge in [0.25, 0.3) is 0 Å². The molecule has 0 bridgehead atoms. The normalized spacial score (nSPS) is 23.0. The van der Waals surface area contributed by atoms with Crippen LogP contribution in [0.5, 0.6) is 0 Å². The number of hydrogen-bond donors (Lipinski definition) is 1. The fourth-order valence-corrected chi connectivity index (χ4v) is 3.57. The molecule has 0 aliphatic carbocycles. The first-order chi connectivity index (χ1) is 11.0. The lowest BCUT2D eigenvalue weighted by Crippen LogP contribution is -2.50. The summed E-state index contributed by atoms with van der Waals surface area (Å²) in [5, 5.41) is 6.34. The molecule has 0 unspecified atom stereocenters. The Hall–Kier alpha value is -1.87. The largest absolute Gasteiger partial charge is 0.343 e. The highest BCUT2D eigenvalue weighted by Crippen LogP contribution is 2.24. The van der Waals surface area contributed by atoms with E-state index in [0.717, 1.165) is 19.5 Å². The molecule has 3 nitrogen and oxygen atoms in total. The number of carbonyl (C=O) groups excluding carboxylic acids is 1. The lowest BCUT2D eigenvalue weighted by molar-refractivity contribution is -0.130. The van der Waals surface area contributed by atoms with Crippen molar-refractivity contribution < 1.29 is 4.79 Å². The number of likely N-dealkylation sites (tertiary alicyclic amines) is 1. The predicted molar refractivity (Wildman–Crippen MR) is 95.3 cm³/mol. The summed E-state index contributed by atoms with van der Waals surface area (Å²) in [6, 6.07) is 16.0. The molecule has 0 aromatic heterocycles. The summed E-state index contributed by atoms with van der Waals surface area (Å²) < 4.78 is 0. The van der Waals surface area contributed by atoms with Crippen LogP contribution in [0, 0.1) is 5.92 Å². The summed E-state index contributed by atoms with van der Waals surface area (Å²) in [5.41, 5.74) is 1.32. The molecule has 0 spiro atoms. The molecule has 1 aliphatic heterocycles. The van der Waals surface area contributed by atoms with Gasteiger partial charge in [0.1, 0.15) is 0 Å². The quantitative estimate of drug-likeness (QED) is 0.936. The molecule has 23 heavy (non-hydrogen) atoms. The van der Waals surface area contributed by atoms with Crippen molar-refractivity contribution in [2.24, 2.45) is 5.92 Å². The second-order valence-electron chi connectivity index (χ2n) is 6.83. The zero-order chi connectivity index (χ0) is 16.4. The first-order valence-electron chi connectivity index (χ1n) is 8.55. The Labute approximate surface area is 138 Å². The Morgan fingerprint density at radius 1 is 1.22 bits per heavy atom. The van der Waals surface area contributed by atoms with E-state index >= 15 is 0 Å². The molecule has 1 aliphatic rings. The molecule has 0 saturated carbocycles. The van der Waals surface area contributed by atoms with Crippen LogP contribution in [0.15, 0.2) is 42.5 Å². The van der Waals surface area contributed by atoms with Crippen LogP contribution in [0.25, 0.3) is 10.8 Å². The zero-order valence-corrected chi connectivity index (χ0v) is 14.3. The fraction of sp³-hybridized carbons (Fsp3) is 0.450. The van der Waals surface area contributed by atoms with Crippen molar-refractivity contribution in [1.29, 1.82) is 0 Å². The lowest BCUT2D eigenvalue weighted by Gasteiger charge is -2.38. The molecule has 1 heterocycles. The van der Waals surface area contributed by atoms with Crippen LogP contribution in [0.1, 0.15) is 38.8 Å². The van der Waals surface area contributed by atoms with Crippen LogP contribution in [0.2, 0.25) is 0 Å². The van der Waals surface area contributed by atoms with Gasteiger partial charge in [-0.2, -0.15) is 0 Å². The molecule has 2 aromatic carbocycles. The maximum Gasteiger partial charge on any atom is 0.219 e. The maximum atomic E-state index is 11.5. The van der Waals surface area contributed by atoms with Crippen molar-refractivity contribution in [3.63, 3.8) is 0 Å². The molecular formula is C20H26N2O. The minimum atomic E-state index is 0.192. The first-order valence-corrected chi connectivity index (χ1v) is 8.55. The number of carbonyl (C=O) groups is 1. The van der Waals surface area contributed by atoms with Gasteiger partial charge in [-0.3, -0.25) is 4.79 Å². The van der Waals surface area contributed by atoms with E-state index in [2.05, 4.69) is 61.6 Å². The van der Waals surface area contributed by atoms with Gasteiger partial charge >= 0.3 is 0 Å². The Morgan fingerprint density at radius 3 is 2.65 bits per heavy atom. The minimum absolute atomic E-state index is 0.192. The van der Waals surface area contributed by atoms with Gasteiger partial charge in [0.05, 0.1) is 0 Å². The SMILES string of the molecule is CC(=O)N1CC[C@H](N[C@H](C)c2ccc3ccccc3c2)[C@H](C)C1. The maximum absolute atomic E-state index is 11.5. The Balaban J connectivity index is 1.68. The first kappa shape index (κ1) is 16.0. The van der Waals surface area contributed by atoms with Gasteiger partial charge in [-0.1, -0.05) is 43.3 Å². The smallest absolute Gasteiger partial charge is 0.219 e. The van der Waals surface area contributed by atoms with Crippen LogP contribution in [-0.2, 0) is 4.79 Å². The molecule has 1 saturated heterocycles. The number of benzene rings is 2. The fourth-order valence-electron chi connectivity index (χ4n) is 3.57. The summed E-state index contributed by atoms with van der Waals surface area (Å²) in [7, 11) is 0. The summed E-state index contributed by atoms with van der Waals surface area (Å²) in [6.45, 7) is 7.85. The zero-order valence-electron chi connectivity index (χ0n) is 14.3. The van der Waals surface area contributed by atoms with Gasteiger partial charge < -0.3 is 10.2 Å². The number of rotatable bonds is 3. The van der Waals surface area contributed by atoms with Crippen LogP contribution in [-0.4, -0.2) is 29.9 Å². The molecule has 1 amide bonds. The van der Waals surface area contributed by atoms with Gasteiger partial charge in [-0.05, 0) is 41.7 Å². The summed E-state index contributed by atoms with van der Waals surface area (Å²) in [5.74, 6) is 0.674. The highest BCUT2D eigenvalue weighted by atomic mass is 16.2. The Morgan fingerprint density at radius 2 is 1.96 bits per heavy atom. The third-order valence-corrected chi connectivity index (χ3v) is 5.09. The molecule has 2 aromatic rings. The number of hydrogen-bond acceptors (Lipinski definition) is 2. The molecule has 122 valence electrons. The van der Waals surface area contributed by atoms with Crippen molar-refractivity contribution in [2.75, 3.05) is 13.1 Å².